The number of carbonyl (C=O) groups excluding carboxylic acids is 2. The fourth-order valence-corrected chi connectivity index (χ4v) is 4.36. The molecule has 3 amide bonds. The molecular formula is C27H27N3O5. The van der Waals surface area contributed by atoms with Gasteiger partial charge in [0, 0.05) is 5.69 Å². The molecule has 2 aliphatic rings. The van der Waals surface area contributed by atoms with Gasteiger partial charge >= 0.3 is 6.03 Å². The molecule has 3 N–H and O–H groups in total. The van der Waals surface area contributed by atoms with Crippen LogP contribution in [0.15, 0.2) is 72.8 Å². The summed E-state index contributed by atoms with van der Waals surface area (Å²) >= 11 is 0. The van der Waals surface area contributed by atoms with Gasteiger partial charge in [-0.25, -0.2) is 4.79 Å². The van der Waals surface area contributed by atoms with Gasteiger partial charge in [0.1, 0.15) is 24.5 Å². The van der Waals surface area contributed by atoms with Crippen molar-refractivity contribution < 1.29 is 24.2 Å². The van der Waals surface area contributed by atoms with Crippen LogP contribution in [0.1, 0.15) is 17.2 Å². The first-order valence-electron chi connectivity index (χ1n) is 11.4. The number of hydrogen-bond acceptors (Lipinski definition) is 5. The molecule has 0 radical (unpaired) electrons. The van der Waals surface area contributed by atoms with Gasteiger partial charge in [0.25, 0.3) is 0 Å². The highest BCUT2D eigenvalue weighted by Crippen LogP contribution is 2.38. The first-order valence-corrected chi connectivity index (χ1v) is 11.4. The molecule has 2 saturated heterocycles. The average Bonchev–Trinajstić information content (AvgIpc) is 3.67. The lowest BCUT2D eigenvalue weighted by molar-refractivity contribution is -0.117. The van der Waals surface area contributed by atoms with Crippen LogP contribution in [0.5, 0.6) is 5.75 Å². The molecule has 3 aromatic rings. The van der Waals surface area contributed by atoms with E-state index in [0.29, 0.717) is 17.0 Å². The van der Waals surface area contributed by atoms with Crippen molar-refractivity contribution in [1.29, 1.82) is 0 Å². The Bertz CT molecular complexity index is 1230. The number of rotatable bonds is 7. The maximum atomic E-state index is 12.8. The minimum Gasteiger partial charge on any atom is -0.497 e. The molecule has 8 heteroatoms. The largest absolute Gasteiger partial charge is 0.497 e. The number of hydrogen-bond donors (Lipinski definition) is 3. The van der Waals surface area contributed by atoms with E-state index in [1.54, 1.807) is 31.4 Å². The van der Waals surface area contributed by atoms with Gasteiger partial charge in [0.2, 0.25) is 5.91 Å². The molecule has 2 heterocycles. The highest BCUT2D eigenvalue weighted by molar-refractivity contribution is 5.94. The fourth-order valence-electron chi connectivity index (χ4n) is 4.36. The van der Waals surface area contributed by atoms with Crippen LogP contribution in [0.25, 0.3) is 11.1 Å². The van der Waals surface area contributed by atoms with Crippen LogP contribution in [-0.4, -0.2) is 54.0 Å². The third-order valence-electron chi connectivity index (χ3n) is 6.35. The number of aliphatic hydroxyl groups excluding tert-OH is 1. The summed E-state index contributed by atoms with van der Waals surface area (Å²) in [5, 5.41) is 16.7. The van der Waals surface area contributed by atoms with Crippen LogP contribution >= 0.6 is 0 Å². The first kappa shape index (κ1) is 22.9. The molecule has 3 aromatic carbocycles. The smallest absolute Gasteiger partial charge is 0.320 e. The molecule has 4 atom stereocenters. The first-order chi connectivity index (χ1) is 16.9. The third-order valence-corrected chi connectivity index (χ3v) is 6.35. The van der Waals surface area contributed by atoms with Crippen LogP contribution in [0, 0.1) is 6.92 Å². The Morgan fingerprint density at radius 1 is 1.11 bits per heavy atom. The van der Waals surface area contributed by atoms with E-state index in [1.165, 1.54) is 10.5 Å². The number of anilines is 1. The van der Waals surface area contributed by atoms with Gasteiger partial charge in [-0.2, -0.15) is 0 Å². The number of carbonyl (C=O) groups is 2. The number of aryl methyl sites for hydroxylation is 1. The summed E-state index contributed by atoms with van der Waals surface area (Å²) in [4.78, 5) is 26.6. The second kappa shape index (κ2) is 9.40. The van der Waals surface area contributed by atoms with Crippen LogP contribution in [0.4, 0.5) is 10.5 Å². The van der Waals surface area contributed by atoms with E-state index in [0.717, 1.165) is 11.1 Å². The zero-order chi connectivity index (χ0) is 24.5. The van der Waals surface area contributed by atoms with Gasteiger partial charge in [0.05, 0.1) is 13.2 Å². The van der Waals surface area contributed by atoms with Crippen molar-refractivity contribution in [3.8, 4) is 16.9 Å². The quantitative estimate of drug-likeness (QED) is 0.456. The second-order valence-corrected chi connectivity index (χ2v) is 8.81. The summed E-state index contributed by atoms with van der Waals surface area (Å²) in [7, 11) is 1.57. The van der Waals surface area contributed by atoms with Crippen molar-refractivity contribution in [3.63, 3.8) is 0 Å². The molecule has 2 aliphatic heterocycles. The van der Waals surface area contributed by atoms with Crippen molar-refractivity contribution >= 4 is 17.6 Å². The molecule has 35 heavy (non-hydrogen) atoms. The van der Waals surface area contributed by atoms with E-state index in [4.69, 9.17) is 9.47 Å². The molecule has 0 saturated carbocycles. The Morgan fingerprint density at radius 2 is 1.86 bits per heavy atom. The predicted octanol–water partition coefficient (Wildman–Crippen LogP) is 3.46. The number of aliphatic hydroxyl groups is 1. The van der Waals surface area contributed by atoms with Crippen molar-refractivity contribution in [2.45, 2.75) is 31.4 Å². The lowest BCUT2D eigenvalue weighted by Crippen LogP contribution is -2.57. The average molecular weight is 474 g/mol. The summed E-state index contributed by atoms with van der Waals surface area (Å²) < 4.78 is 10.8. The van der Waals surface area contributed by atoms with Crippen LogP contribution < -0.4 is 15.4 Å². The Kier molecular flexibility index (Phi) is 6.15. The van der Waals surface area contributed by atoms with Crippen molar-refractivity contribution in [1.82, 2.24) is 10.2 Å². The molecule has 8 nitrogen and oxygen atoms in total. The van der Waals surface area contributed by atoms with Gasteiger partial charge in [-0.15, -0.1) is 0 Å². The van der Waals surface area contributed by atoms with E-state index in [1.807, 2.05) is 55.5 Å². The summed E-state index contributed by atoms with van der Waals surface area (Å²) in [6.07, 6.45) is -1.90. The number of benzene rings is 3. The summed E-state index contributed by atoms with van der Waals surface area (Å²) in [6, 6.07) is 21.7. The second-order valence-electron chi connectivity index (χ2n) is 8.81. The van der Waals surface area contributed by atoms with Crippen molar-refractivity contribution in [2.24, 2.45) is 0 Å². The molecule has 0 bridgehead atoms. The number of amides is 3. The van der Waals surface area contributed by atoms with E-state index in [-0.39, 0.29) is 12.5 Å². The lowest BCUT2D eigenvalue weighted by atomic mass is 9.94. The maximum absolute atomic E-state index is 12.8. The molecule has 0 spiro atoms. The van der Waals surface area contributed by atoms with E-state index in [2.05, 4.69) is 10.6 Å². The van der Waals surface area contributed by atoms with E-state index >= 15 is 0 Å². The highest BCUT2D eigenvalue weighted by atomic mass is 16.6. The Balaban J connectivity index is 1.23. The van der Waals surface area contributed by atoms with E-state index in [9.17, 15) is 14.7 Å². The Morgan fingerprint density at radius 3 is 2.57 bits per heavy atom. The zero-order valence-corrected chi connectivity index (χ0v) is 19.5. The summed E-state index contributed by atoms with van der Waals surface area (Å²) in [5.41, 5.74) is 4.49. The van der Waals surface area contributed by atoms with Gasteiger partial charge < -0.3 is 25.2 Å². The Hall–Kier alpha value is -3.88. The SMILES string of the molecule is COc1ccc(NC(=O)CN2C(=O)NC(C(O)c3cccc(-c4ccc(C)cc4)c3)[C@@H]3OC32)cc1. The number of epoxide rings is 1. The van der Waals surface area contributed by atoms with Crippen molar-refractivity contribution in [2.75, 3.05) is 19.0 Å². The summed E-state index contributed by atoms with van der Waals surface area (Å²) in [6.45, 7) is 1.87. The van der Waals surface area contributed by atoms with Gasteiger partial charge in [-0.3, -0.25) is 9.69 Å². The molecule has 0 aliphatic carbocycles. The molecule has 5 rings (SSSR count). The molecule has 180 valence electrons. The normalized spacial score (nSPS) is 21.5. The predicted molar refractivity (Wildman–Crippen MR) is 131 cm³/mol. The number of ether oxygens (including phenoxy) is 2. The summed E-state index contributed by atoms with van der Waals surface area (Å²) in [5.74, 6) is 0.339. The standard InChI is InChI=1S/C27H27N3O5/c1-16-6-8-17(9-7-16)18-4-3-5-19(14-18)24(32)23-25-26(35-25)30(27(33)29-23)15-22(31)28-20-10-12-21(34-2)13-11-20/h3-14,23-26,32H,15H2,1-2H3,(H,28,31)(H,29,33)/t23?,24?,25-,26?/m0/s1. The molecule has 0 aromatic heterocycles. The fraction of sp³-hybridized carbons (Fsp3) is 0.259. The Labute approximate surface area is 203 Å². The van der Waals surface area contributed by atoms with Gasteiger partial charge in [-0.1, -0.05) is 48.0 Å². The number of urea groups is 1. The number of fused-ring (bicyclic) bond motifs is 1. The maximum Gasteiger partial charge on any atom is 0.320 e. The molecular weight excluding hydrogens is 446 g/mol. The van der Waals surface area contributed by atoms with Crippen LogP contribution in [0.3, 0.4) is 0 Å². The lowest BCUT2D eigenvalue weighted by Gasteiger charge is -2.31. The number of nitrogens with one attached hydrogen (secondary N) is 2. The number of methoxy groups -OCH3 is 1. The zero-order valence-electron chi connectivity index (χ0n) is 19.5. The topological polar surface area (TPSA) is 103 Å². The minimum absolute atomic E-state index is 0.162. The van der Waals surface area contributed by atoms with E-state index < -0.39 is 30.5 Å². The molecule has 3 unspecified atom stereocenters. The van der Waals surface area contributed by atoms with Gasteiger partial charge in [0.15, 0.2) is 6.23 Å². The van der Waals surface area contributed by atoms with Crippen LogP contribution in [-0.2, 0) is 9.53 Å². The van der Waals surface area contributed by atoms with Crippen molar-refractivity contribution in [3.05, 3.63) is 83.9 Å². The third kappa shape index (κ3) is 4.84. The van der Waals surface area contributed by atoms with Crippen LogP contribution in [0.2, 0.25) is 0 Å². The highest BCUT2D eigenvalue weighted by Gasteiger charge is 2.57. The van der Waals surface area contributed by atoms with Gasteiger partial charge in [-0.05, 0) is 53.9 Å². The monoisotopic (exact) mass is 473 g/mol. The number of nitrogens with zero attached hydrogens (tertiary/aromatic N) is 1. The molecule has 2 fully saturated rings. The minimum atomic E-state index is -0.949.